The average Bonchev–Trinajstić information content (AvgIpc) is 3.18. The first-order valence-electron chi connectivity index (χ1n) is 8.86. The number of likely N-dealkylation sites (tertiary alicyclic amines) is 1. The van der Waals surface area contributed by atoms with Gasteiger partial charge in [0.1, 0.15) is 0 Å². The van der Waals surface area contributed by atoms with Crippen LogP contribution < -0.4 is 11.1 Å². The van der Waals surface area contributed by atoms with Gasteiger partial charge in [0.15, 0.2) is 0 Å². The van der Waals surface area contributed by atoms with E-state index in [1.54, 1.807) is 0 Å². The Morgan fingerprint density at radius 1 is 1.22 bits per heavy atom. The molecular formula is C17H32N4O2. The molecule has 1 aliphatic heterocycles. The number of nitrogens with zero attached hydrogens (tertiary/aromatic N) is 2. The van der Waals surface area contributed by atoms with Crippen molar-refractivity contribution in [3.8, 4) is 0 Å². The molecule has 2 fully saturated rings. The molecule has 0 bridgehead atoms. The maximum atomic E-state index is 12.2. The van der Waals surface area contributed by atoms with E-state index in [1.165, 1.54) is 19.4 Å². The van der Waals surface area contributed by atoms with E-state index in [9.17, 15) is 9.59 Å². The first kappa shape index (κ1) is 18.2. The van der Waals surface area contributed by atoms with E-state index in [4.69, 9.17) is 5.73 Å². The Kier molecular flexibility index (Phi) is 6.41. The molecule has 1 heterocycles. The third-order valence-electron chi connectivity index (χ3n) is 4.91. The molecule has 2 atom stereocenters. The molecule has 1 aliphatic carbocycles. The Morgan fingerprint density at radius 3 is 2.48 bits per heavy atom. The van der Waals surface area contributed by atoms with Crippen LogP contribution in [0.3, 0.4) is 0 Å². The van der Waals surface area contributed by atoms with Gasteiger partial charge in [-0.25, -0.2) is 0 Å². The van der Waals surface area contributed by atoms with Crippen molar-refractivity contribution in [1.82, 2.24) is 15.1 Å². The second kappa shape index (κ2) is 8.11. The van der Waals surface area contributed by atoms with Crippen LogP contribution in [0.1, 0.15) is 33.1 Å². The first-order valence-corrected chi connectivity index (χ1v) is 8.86. The monoisotopic (exact) mass is 324 g/mol. The van der Waals surface area contributed by atoms with E-state index >= 15 is 0 Å². The second-order valence-electron chi connectivity index (χ2n) is 7.65. The Hall–Kier alpha value is -1.14. The largest absolute Gasteiger partial charge is 0.346 e. The molecule has 1 saturated heterocycles. The molecule has 3 N–H and O–H groups in total. The van der Waals surface area contributed by atoms with Crippen LogP contribution in [0.25, 0.3) is 0 Å². The van der Waals surface area contributed by atoms with Crippen LogP contribution in [-0.2, 0) is 9.59 Å². The van der Waals surface area contributed by atoms with Crippen molar-refractivity contribution >= 4 is 11.8 Å². The van der Waals surface area contributed by atoms with Crippen LogP contribution in [0.5, 0.6) is 0 Å². The highest BCUT2D eigenvalue weighted by Crippen LogP contribution is 2.29. The molecule has 0 aromatic rings. The van der Waals surface area contributed by atoms with Gasteiger partial charge in [-0.2, -0.15) is 0 Å². The van der Waals surface area contributed by atoms with E-state index in [0.29, 0.717) is 5.92 Å². The number of carbonyl (C=O) groups excluding carboxylic acids is 2. The van der Waals surface area contributed by atoms with E-state index in [2.05, 4.69) is 17.3 Å². The van der Waals surface area contributed by atoms with Crippen molar-refractivity contribution in [3.05, 3.63) is 0 Å². The van der Waals surface area contributed by atoms with Gasteiger partial charge in [-0.15, -0.1) is 0 Å². The van der Waals surface area contributed by atoms with Gasteiger partial charge in [-0.1, -0.05) is 13.8 Å². The van der Waals surface area contributed by atoms with Crippen molar-refractivity contribution in [2.45, 2.75) is 39.2 Å². The molecule has 2 rings (SSSR count). The van der Waals surface area contributed by atoms with Crippen LogP contribution in [0.2, 0.25) is 0 Å². The maximum absolute atomic E-state index is 12.2. The molecule has 0 spiro atoms. The molecule has 0 aromatic heterocycles. The fourth-order valence-electron chi connectivity index (χ4n) is 3.16. The normalized spacial score (nSPS) is 22.7. The minimum Gasteiger partial charge on any atom is -0.346 e. The topological polar surface area (TPSA) is 78.7 Å². The molecular weight excluding hydrogens is 292 g/mol. The zero-order valence-corrected chi connectivity index (χ0v) is 14.8. The summed E-state index contributed by atoms with van der Waals surface area (Å²) in [6, 6.07) is -0.551. The van der Waals surface area contributed by atoms with Gasteiger partial charge in [-0.05, 0) is 44.1 Å². The number of nitrogens with one attached hydrogen (secondary N) is 1. The lowest BCUT2D eigenvalue weighted by atomic mass is 10.1. The van der Waals surface area contributed by atoms with Crippen molar-refractivity contribution < 1.29 is 9.59 Å². The number of nitrogens with two attached hydrogens (primary N) is 1. The van der Waals surface area contributed by atoms with Crippen molar-refractivity contribution in [2.24, 2.45) is 23.5 Å². The predicted octanol–water partition coefficient (Wildman–Crippen LogP) is 0.276. The third-order valence-corrected chi connectivity index (χ3v) is 4.91. The zero-order valence-electron chi connectivity index (χ0n) is 14.8. The molecule has 0 radical (unpaired) electrons. The van der Waals surface area contributed by atoms with E-state index < -0.39 is 6.04 Å². The summed E-state index contributed by atoms with van der Waals surface area (Å²) >= 11 is 0. The van der Waals surface area contributed by atoms with Crippen LogP contribution >= 0.6 is 0 Å². The molecule has 132 valence electrons. The van der Waals surface area contributed by atoms with Crippen LogP contribution in [-0.4, -0.2) is 67.4 Å². The van der Waals surface area contributed by atoms with Crippen LogP contribution in [0, 0.1) is 17.8 Å². The number of carbonyl (C=O) groups is 2. The van der Waals surface area contributed by atoms with E-state index in [1.807, 2.05) is 18.7 Å². The standard InChI is InChI=1S/C17H32N4O2/c1-12(2)16(18)17(23)19-8-15(22)21-7-6-14(11-21)10-20(3)9-13-4-5-13/h12-14,16H,4-11,18H2,1-3H3,(H,19,23)/t14?,16-/m0/s1. The van der Waals surface area contributed by atoms with Crippen LogP contribution in [0.4, 0.5) is 0 Å². The lowest BCUT2D eigenvalue weighted by Gasteiger charge is -2.22. The highest BCUT2D eigenvalue weighted by atomic mass is 16.2. The highest BCUT2D eigenvalue weighted by Gasteiger charge is 2.29. The summed E-state index contributed by atoms with van der Waals surface area (Å²) in [5.74, 6) is 1.29. The van der Waals surface area contributed by atoms with Gasteiger partial charge < -0.3 is 20.9 Å². The minimum atomic E-state index is -0.551. The Morgan fingerprint density at radius 2 is 1.87 bits per heavy atom. The number of hydrogen-bond acceptors (Lipinski definition) is 4. The molecule has 1 saturated carbocycles. The summed E-state index contributed by atoms with van der Waals surface area (Å²) in [7, 11) is 2.18. The molecule has 2 amide bonds. The van der Waals surface area contributed by atoms with Gasteiger partial charge in [0.2, 0.25) is 11.8 Å². The summed E-state index contributed by atoms with van der Waals surface area (Å²) in [6.45, 7) is 7.71. The summed E-state index contributed by atoms with van der Waals surface area (Å²) in [6.07, 6.45) is 3.80. The minimum absolute atomic E-state index is 0.00153. The summed E-state index contributed by atoms with van der Waals surface area (Å²) < 4.78 is 0. The number of amides is 2. The number of rotatable bonds is 8. The van der Waals surface area contributed by atoms with Crippen LogP contribution in [0.15, 0.2) is 0 Å². The summed E-state index contributed by atoms with van der Waals surface area (Å²) in [5, 5.41) is 2.66. The summed E-state index contributed by atoms with van der Waals surface area (Å²) in [4.78, 5) is 28.3. The Labute approximate surface area is 139 Å². The molecule has 1 unspecified atom stereocenters. The number of hydrogen-bond donors (Lipinski definition) is 2. The van der Waals surface area contributed by atoms with Gasteiger partial charge in [0.05, 0.1) is 12.6 Å². The van der Waals surface area contributed by atoms with Crippen molar-refractivity contribution in [3.63, 3.8) is 0 Å². The molecule has 2 aliphatic rings. The predicted molar refractivity (Wildman–Crippen MR) is 90.7 cm³/mol. The smallest absolute Gasteiger partial charge is 0.241 e. The van der Waals surface area contributed by atoms with E-state index in [-0.39, 0.29) is 24.3 Å². The fraction of sp³-hybridized carbons (Fsp3) is 0.882. The van der Waals surface area contributed by atoms with Crippen molar-refractivity contribution in [2.75, 3.05) is 39.8 Å². The van der Waals surface area contributed by atoms with Gasteiger partial charge in [-0.3, -0.25) is 9.59 Å². The SMILES string of the molecule is CC(C)[C@H](N)C(=O)NCC(=O)N1CCC(CN(C)CC2CC2)C1. The zero-order chi connectivity index (χ0) is 17.0. The quantitative estimate of drug-likeness (QED) is 0.672. The molecule has 23 heavy (non-hydrogen) atoms. The third kappa shape index (κ3) is 5.77. The highest BCUT2D eigenvalue weighted by molar-refractivity contribution is 5.87. The lowest BCUT2D eigenvalue weighted by molar-refractivity contribution is -0.132. The van der Waals surface area contributed by atoms with Gasteiger partial charge >= 0.3 is 0 Å². The first-order chi connectivity index (χ1) is 10.9. The molecule has 6 heteroatoms. The summed E-state index contributed by atoms with van der Waals surface area (Å²) in [5.41, 5.74) is 5.78. The molecule has 0 aromatic carbocycles. The van der Waals surface area contributed by atoms with E-state index in [0.717, 1.165) is 32.0 Å². The fourth-order valence-corrected chi connectivity index (χ4v) is 3.16. The van der Waals surface area contributed by atoms with Gasteiger partial charge in [0.25, 0.3) is 0 Å². The maximum Gasteiger partial charge on any atom is 0.241 e. The average molecular weight is 324 g/mol. The van der Waals surface area contributed by atoms with Crippen molar-refractivity contribution in [1.29, 1.82) is 0 Å². The Bertz CT molecular complexity index is 423. The second-order valence-corrected chi connectivity index (χ2v) is 7.65. The molecule has 6 nitrogen and oxygen atoms in total. The lowest BCUT2D eigenvalue weighted by Crippen LogP contribution is -2.47. The Balaban J connectivity index is 1.66. The van der Waals surface area contributed by atoms with Gasteiger partial charge in [0, 0.05) is 26.2 Å².